The number of hydrogen-bond acceptors (Lipinski definition) is 4. The van der Waals surface area contributed by atoms with Gasteiger partial charge in [-0.25, -0.2) is 8.42 Å². The molecule has 0 spiro atoms. The summed E-state index contributed by atoms with van der Waals surface area (Å²) in [5.41, 5.74) is 4.16. The minimum Gasteiger partial charge on any atom is -0.352 e. The van der Waals surface area contributed by atoms with E-state index in [1.807, 2.05) is 68.4 Å². The Balaban J connectivity index is 1.54. The van der Waals surface area contributed by atoms with Gasteiger partial charge in [0.05, 0.1) is 10.6 Å². The third-order valence-corrected chi connectivity index (χ3v) is 10.4. The van der Waals surface area contributed by atoms with Crippen molar-refractivity contribution < 1.29 is 18.0 Å². The van der Waals surface area contributed by atoms with Gasteiger partial charge >= 0.3 is 0 Å². The van der Waals surface area contributed by atoms with Gasteiger partial charge in [-0.3, -0.25) is 13.9 Å². The molecule has 4 aromatic rings. The third kappa shape index (κ3) is 8.43. The molecule has 7 nitrogen and oxygen atoms in total. The molecule has 1 saturated carbocycles. The monoisotopic (exact) mass is 637 g/mol. The molecule has 0 aromatic heterocycles. The molecule has 46 heavy (non-hydrogen) atoms. The Morgan fingerprint density at radius 1 is 0.739 bits per heavy atom. The fourth-order valence-electron chi connectivity index (χ4n) is 5.95. The summed E-state index contributed by atoms with van der Waals surface area (Å²) in [6.45, 7) is 3.58. The highest BCUT2D eigenvalue weighted by Crippen LogP contribution is 2.26. The van der Waals surface area contributed by atoms with Gasteiger partial charge in [0.15, 0.2) is 0 Å². The van der Waals surface area contributed by atoms with E-state index in [-0.39, 0.29) is 23.4 Å². The van der Waals surface area contributed by atoms with Crippen molar-refractivity contribution in [3.8, 4) is 0 Å². The van der Waals surface area contributed by atoms with Crippen molar-refractivity contribution in [2.75, 3.05) is 10.8 Å². The Morgan fingerprint density at radius 3 is 1.91 bits per heavy atom. The van der Waals surface area contributed by atoms with Crippen LogP contribution in [0.15, 0.2) is 114 Å². The summed E-state index contributed by atoms with van der Waals surface area (Å²) in [5.74, 6) is -0.677. The number of para-hydroxylation sites is 1. The van der Waals surface area contributed by atoms with Crippen molar-refractivity contribution in [1.82, 2.24) is 10.2 Å². The molecule has 0 unspecified atom stereocenters. The van der Waals surface area contributed by atoms with Crippen molar-refractivity contribution in [3.05, 3.63) is 131 Å². The zero-order valence-electron chi connectivity index (χ0n) is 26.6. The number of carbonyl (C=O) groups excluding carboxylic acids is 2. The maximum Gasteiger partial charge on any atom is 0.264 e. The van der Waals surface area contributed by atoms with Gasteiger partial charge in [-0.2, -0.15) is 0 Å². The summed E-state index contributed by atoms with van der Waals surface area (Å²) in [6.07, 6.45) is 5.39. The van der Waals surface area contributed by atoms with E-state index in [2.05, 4.69) is 5.32 Å². The van der Waals surface area contributed by atoms with Crippen molar-refractivity contribution in [2.45, 2.75) is 75.9 Å². The van der Waals surface area contributed by atoms with Crippen LogP contribution in [-0.4, -0.2) is 43.8 Å². The van der Waals surface area contributed by atoms with E-state index in [9.17, 15) is 18.0 Å². The minimum atomic E-state index is -4.12. The molecular formula is C38H43N3O4S. The Bertz CT molecular complexity index is 1690. The fraction of sp³-hybridized carbons (Fsp3) is 0.316. The summed E-state index contributed by atoms with van der Waals surface area (Å²) >= 11 is 0. The van der Waals surface area contributed by atoms with E-state index < -0.39 is 28.5 Å². The molecule has 2 amide bonds. The van der Waals surface area contributed by atoms with Crippen LogP contribution >= 0.6 is 0 Å². The second-order valence-electron chi connectivity index (χ2n) is 12.2. The lowest BCUT2D eigenvalue weighted by molar-refractivity contribution is -0.140. The molecule has 1 aliphatic rings. The molecule has 0 bridgehead atoms. The molecule has 5 rings (SSSR count). The molecule has 0 saturated heterocycles. The lowest BCUT2D eigenvalue weighted by Gasteiger charge is -2.35. The first-order valence-electron chi connectivity index (χ1n) is 16.0. The summed E-state index contributed by atoms with van der Waals surface area (Å²) < 4.78 is 29.4. The minimum absolute atomic E-state index is 0.0542. The SMILES string of the molecule is Cc1ccc(CN(C(=O)CN(c2ccccc2)S(=O)(=O)c2ccc(C)cc2)[C@@H](Cc2ccccc2)C(=O)NC2CCCCC2)cc1. The van der Waals surface area contributed by atoms with Crippen molar-refractivity contribution in [2.24, 2.45) is 0 Å². The molecule has 0 heterocycles. The lowest BCUT2D eigenvalue weighted by Crippen LogP contribution is -2.55. The van der Waals surface area contributed by atoms with Crippen LogP contribution in [0.2, 0.25) is 0 Å². The first-order valence-corrected chi connectivity index (χ1v) is 17.5. The van der Waals surface area contributed by atoms with Gasteiger partial charge in [0, 0.05) is 19.0 Å². The molecule has 4 aromatic carbocycles. The van der Waals surface area contributed by atoms with E-state index in [0.717, 1.165) is 58.7 Å². The molecule has 0 radical (unpaired) electrons. The molecular weight excluding hydrogens is 595 g/mol. The normalized spacial score (nSPS) is 14.3. The maximum absolute atomic E-state index is 14.6. The van der Waals surface area contributed by atoms with Crippen LogP contribution < -0.4 is 9.62 Å². The average Bonchev–Trinajstić information content (AvgIpc) is 3.07. The molecule has 240 valence electrons. The van der Waals surface area contributed by atoms with Crippen molar-refractivity contribution in [1.29, 1.82) is 0 Å². The van der Waals surface area contributed by atoms with Crippen molar-refractivity contribution >= 4 is 27.5 Å². The number of anilines is 1. The number of benzene rings is 4. The van der Waals surface area contributed by atoms with Crippen LogP contribution in [0.25, 0.3) is 0 Å². The number of aryl methyl sites for hydroxylation is 2. The number of amides is 2. The standard InChI is InChI=1S/C38H43N3O4S/c1-29-18-22-32(23-19-29)27-40(36(26-31-12-6-3-7-13-31)38(43)39-33-14-8-4-9-15-33)37(42)28-41(34-16-10-5-11-17-34)46(44,45)35-24-20-30(2)21-25-35/h3,5-7,10-13,16-25,33,36H,4,8-9,14-15,26-28H2,1-2H3,(H,39,43)/t36-/m0/s1. The number of hydrogen-bond donors (Lipinski definition) is 1. The number of nitrogens with zero attached hydrogens (tertiary/aromatic N) is 2. The number of carbonyl (C=O) groups is 2. The summed E-state index contributed by atoms with van der Waals surface area (Å²) in [4.78, 5) is 30.4. The van der Waals surface area contributed by atoms with E-state index in [0.29, 0.717) is 12.1 Å². The first-order chi connectivity index (χ1) is 22.2. The van der Waals surface area contributed by atoms with E-state index >= 15 is 0 Å². The number of nitrogens with one attached hydrogen (secondary N) is 1. The Hall–Kier alpha value is -4.43. The fourth-order valence-corrected chi connectivity index (χ4v) is 7.36. The van der Waals surface area contributed by atoms with Crippen LogP contribution in [0.5, 0.6) is 0 Å². The summed E-state index contributed by atoms with van der Waals surface area (Å²) in [6, 6.07) is 32.0. The summed E-state index contributed by atoms with van der Waals surface area (Å²) in [5, 5.41) is 3.25. The maximum atomic E-state index is 14.6. The topological polar surface area (TPSA) is 86.8 Å². The van der Waals surface area contributed by atoms with Crippen LogP contribution in [0.1, 0.15) is 54.4 Å². The van der Waals surface area contributed by atoms with E-state index in [1.54, 1.807) is 59.5 Å². The summed E-state index contributed by atoms with van der Waals surface area (Å²) in [7, 11) is -4.12. The molecule has 1 fully saturated rings. The molecule has 1 aliphatic carbocycles. The van der Waals surface area contributed by atoms with Gasteiger partial charge in [-0.1, -0.05) is 115 Å². The predicted molar refractivity (Wildman–Crippen MR) is 183 cm³/mol. The zero-order valence-corrected chi connectivity index (χ0v) is 27.5. The third-order valence-electron chi connectivity index (χ3n) is 8.63. The number of sulfonamides is 1. The predicted octanol–water partition coefficient (Wildman–Crippen LogP) is 6.59. The highest BCUT2D eigenvalue weighted by Gasteiger charge is 2.35. The second kappa shape index (κ2) is 15.2. The molecule has 8 heteroatoms. The van der Waals surface area contributed by atoms with E-state index in [4.69, 9.17) is 0 Å². The van der Waals surface area contributed by atoms with Gasteiger partial charge in [0.1, 0.15) is 12.6 Å². The Morgan fingerprint density at radius 2 is 1.30 bits per heavy atom. The largest absolute Gasteiger partial charge is 0.352 e. The van der Waals surface area contributed by atoms with Gasteiger partial charge in [-0.15, -0.1) is 0 Å². The second-order valence-corrected chi connectivity index (χ2v) is 14.1. The van der Waals surface area contributed by atoms with Crippen LogP contribution in [0, 0.1) is 13.8 Å². The number of rotatable bonds is 12. The van der Waals surface area contributed by atoms with Gasteiger partial charge in [0.2, 0.25) is 11.8 Å². The van der Waals surface area contributed by atoms with E-state index in [1.165, 1.54) is 0 Å². The van der Waals surface area contributed by atoms with Crippen molar-refractivity contribution in [3.63, 3.8) is 0 Å². The Kier molecular flexibility index (Phi) is 10.9. The lowest BCUT2D eigenvalue weighted by atomic mass is 9.94. The van der Waals surface area contributed by atoms with Crippen LogP contribution in [0.3, 0.4) is 0 Å². The smallest absolute Gasteiger partial charge is 0.264 e. The molecule has 0 aliphatic heterocycles. The zero-order chi connectivity index (χ0) is 32.5. The van der Waals surface area contributed by atoms with Gasteiger partial charge in [0.25, 0.3) is 10.0 Å². The van der Waals surface area contributed by atoms with Crippen LogP contribution in [-0.2, 0) is 32.6 Å². The Labute approximate surface area is 273 Å². The highest BCUT2D eigenvalue weighted by molar-refractivity contribution is 7.92. The van der Waals surface area contributed by atoms with Gasteiger partial charge < -0.3 is 10.2 Å². The highest BCUT2D eigenvalue weighted by atomic mass is 32.2. The van der Waals surface area contributed by atoms with Gasteiger partial charge in [-0.05, 0) is 62.1 Å². The average molecular weight is 638 g/mol. The quantitative estimate of drug-likeness (QED) is 0.190. The first kappa shape index (κ1) is 32.9. The van der Waals surface area contributed by atoms with Crippen LogP contribution in [0.4, 0.5) is 5.69 Å². The molecule has 1 N–H and O–H groups in total. The molecule has 1 atom stereocenters.